The Kier molecular flexibility index (Phi) is 6.97. The van der Waals surface area contributed by atoms with E-state index in [-0.39, 0.29) is 11.9 Å². The highest BCUT2D eigenvalue weighted by molar-refractivity contribution is 5.76. The molecule has 1 aromatic rings. The highest BCUT2D eigenvalue weighted by Crippen LogP contribution is 2.20. The zero-order valence-corrected chi connectivity index (χ0v) is 12.0. The smallest absolute Gasteiger partial charge is 0.220 e. The monoisotopic (exact) mass is 264 g/mol. The first-order valence-corrected chi connectivity index (χ1v) is 6.79. The number of hydrogen-bond donors (Lipinski definition) is 2. The Morgan fingerprint density at radius 3 is 2.53 bits per heavy atom. The van der Waals surface area contributed by atoms with Crippen LogP contribution >= 0.6 is 0 Å². The molecule has 4 heteroatoms. The van der Waals surface area contributed by atoms with Crippen LogP contribution in [0.15, 0.2) is 24.3 Å². The Morgan fingerprint density at radius 1 is 1.32 bits per heavy atom. The Balaban J connectivity index is 2.54. The molecule has 1 aromatic carbocycles. The van der Waals surface area contributed by atoms with Crippen LogP contribution in [0.2, 0.25) is 0 Å². The standard InChI is InChI=1S/C15H24N2O2/c1-4-14(17-15(18)6-5-11-16-2)12-7-9-13(19-3)10-8-12/h7-10,14,16H,4-6,11H2,1-3H3,(H,17,18). The van der Waals surface area contributed by atoms with Gasteiger partial charge in [-0.1, -0.05) is 19.1 Å². The molecule has 0 fully saturated rings. The fourth-order valence-electron chi connectivity index (χ4n) is 1.95. The second-order valence-corrected chi connectivity index (χ2v) is 4.51. The molecule has 0 aromatic heterocycles. The molecule has 0 radical (unpaired) electrons. The largest absolute Gasteiger partial charge is 0.497 e. The Bertz CT molecular complexity index is 376. The summed E-state index contributed by atoms with van der Waals surface area (Å²) >= 11 is 0. The second-order valence-electron chi connectivity index (χ2n) is 4.51. The Labute approximate surface area is 115 Å². The van der Waals surface area contributed by atoms with Crippen molar-refractivity contribution < 1.29 is 9.53 Å². The lowest BCUT2D eigenvalue weighted by molar-refractivity contribution is -0.121. The maximum absolute atomic E-state index is 11.8. The minimum atomic E-state index is 0.0768. The van der Waals surface area contributed by atoms with Crippen molar-refractivity contribution in [3.63, 3.8) is 0 Å². The van der Waals surface area contributed by atoms with Gasteiger partial charge < -0.3 is 15.4 Å². The number of amides is 1. The number of ether oxygens (including phenoxy) is 1. The molecule has 0 saturated heterocycles. The van der Waals surface area contributed by atoms with Gasteiger partial charge >= 0.3 is 0 Å². The molecule has 0 bridgehead atoms. The van der Waals surface area contributed by atoms with E-state index in [2.05, 4.69) is 17.6 Å². The molecule has 0 spiro atoms. The van der Waals surface area contributed by atoms with E-state index < -0.39 is 0 Å². The molecule has 0 aliphatic carbocycles. The molecule has 0 aliphatic heterocycles. The predicted molar refractivity (Wildman–Crippen MR) is 77.3 cm³/mol. The van der Waals surface area contributed by atoms with Gasteiger partial charge in [0.15, 0.2) is 0 Å². The normalized spacial score (nSPS) is 11.9. The van der Waals surface area contributed by atoms with Crippen molar-refractivity contribution in [2.45, 2.75) is 32.2 Å². The average Bonchev–Trinajstić information content (AvgIpc) is 2.45. The zero-order chi connectivity index (χ0) is 14.1. The summed E-state index contributed by atoms with van der Waals surface area (Å²) in [6.45, 7) is 2.94. The Hall–Kier alpha value is -1.55. The van der Waals surface area contributed by atoms with Crippen LogP contribution in [0.3, 0.4) is 0 Å². The number of methoxy groups -OCH3 is 1. The van der Waals surface area contributed by atoms with Crippen molar-refractivity contribution in [3.05, 3.63) is 29.8 Å². The van der Waals surface area contributed by atoms with Crippen LogP contribution in [0, 0.1) is 0 Å². The summed E-state index contributed by atoms with van der Waals surface area (Å²) in [6, 6.07) is 7.92. The van der Waals surface area contributed by atoms with Gasteiger partial charge in [0.05, 0.1) is 13.2 Å². The summed E-state index contributed by atoms with van der Waals surface area (Å²) in [5, 5.41) is 6.11. The number of hydrogen-bond acceptors (Lipinski definition) is 3. The molecular formula is C15H24N2O2. The van der Waals surface area contributed by atoms with Crippen LogP contribution in [-0.4, -0.2) is 26.6 Å². The van der Waals surface area contributed by atoms with E-state index in [1.54, 1.807) is 7.11 Å². The molecule has 0 heterocycles. The lowest BCUT2D eigenvalue weighted by atomic mass is 10.0. The van der Waals surface area contributed by atoms with Crippen LogP contribution in [0.4, 0.5) is 0 Å². The van der Waals surface area contributed by atoms with Crippen molar-refractivity contribution in [2.75, 3.05) is 20.7 Å². The van der Waals surface area contributed by atoms with E-state index in [0.717, 1.165) is 30.7 Å². The zero-order valence-electron chi connectivity index (χ0n) is 12.0. The van der Waals surface area contributed by atoms with Gasteiger partial charge in [-0.25, -0.2) is 0 Å². The molecule has 2 N–H and O–H groups in total. The molecular weight excluding hydrogens is 240 g/mol. The summed E-state index contributed by atoms with van der Waals surface area (Å²) in [5.41, 5.74) is 1.12. The van der Waals surface area contributed by atoms with Crippen LogP contribution in [-0.2, 0) is 4.79 Å². The summed E-state index contributed by atoms with van der Waals surface area (Å²) in [6.07, 6.45) is 2.30. The van der Waals surface area contributed by atoms with Crippen molar-refractivity contribution in [1.29, 1.82) is 0 Å². The minimum Gasteiger partial charge on any atom is -0.497 e. The highest BCUT2D eigenvalue weighted by Gasteiger charge is 2.12. The number of benzene rings is 1. The number of carbonyl (C=O) groups excluding carboxylic acids is 1. The van der Waals surface area contributed by atoms with Crippen molar-refractivity contribution >= 4 is 5.91 Å². The lowest BCUT2D eigenvalue weighted by Gasteiger charge is -2.17. The third kappa shape index (κ3) is 5.30. The SMILES string of the molecule is CCC(NC(=O)CCCNC)c1ccc(OC)cc1. The third-order valence-electron chi connectivity index (χ3n) is 3.09. The molecule has 1 rings (SSSR count). The molecule has 4 nitrogen and oxygen atoms in total. The van der Waals surface area contributed by atoms with Crippen LogP contribution < -0.4 is 15.4 Å². The summed E-state index contributed by atoms with van der Waals surface area (Å²) in [4.78, 5) is 11.8. The predicted octanol–water partition coefficient (Wildman–Crippen LogP) is 2.26. The Morgan fingerprint density at radius 2 is 2.00 bits per heavy atom. The van der Waals surface area contributed by atoms with Gasteiger partial charge in [0.1, 0.15) is 5.75 Å². The number of carbonyl (C=O) groups is 1. The average molecular weight is 264 g/mol. The highest BCUT2D eigenvalue weighted by atomic mass is 16.5. The lowest BCUT2D eigenvalue weighted by Crippen LogP contribution is -2.28. The molecule has 0 aliphatic rings. The van der Waals surface area contributed by atoms with E-state index in [9.17, 15) is 4.79 Å². The van der Waals surface area contributed by atoms with Gasteiger partial charge in [-0.05, 0) is 44.1 Å². The third-order valence-corrected chi connectivity index (χ3v) is 3.09. The van der Waals surface area contributed by atoms with E-state index in [1.807, 2.05) is 31.3 Å². The van der Waals surface area contributed by atoms with Gasteiger partial charge in [-0.2, -0.15) is 0 Å². The quantitative estimate of drug-likeness (QED) is 0.708. The maximum atomic E-state index is 11.8. The van der Waals surface area contributed by atoms with Gasteiger partial charge in [-0.15, -0.1) is 0 Å². The summed E-state index contributed by atoms with van der Waals surface area (Å²) < 4.78 is 5.13. The molecule has 106 valence electrons. The van der Waals surface area contributed by atoms with Crippen molar-refractivity contribution in [1.82, 2.24) is 10.6 Å². The minimum absolute atomic E-state index is 0.0768. The van der Waals surface area contributed by atoms with Gasteiger partial charge in [0.2, 0.25) is 5.91 Å². The van der Waals surface area contributed by atoms with Gasteiger partial charge in [0, 0.05) is 6.42 Å². The van der Waals surface area contributed by atoms with Crippen LogP contribution in [0.5, 0.6) is 5.75 Å². The topological polar surface area (TPSA) is 50.4 Å². The van der Waals surface area contributed by atoms with Crippen molar-refractivity contribution in [3.8, 4) is 5.75 Å². The second kappa shape index (κ2) is 8.53. The molecule has 19 heavy (non-hydrogen) atoms. The van der Waals surface area contributed by atoms with Gasteiger partial charge in [-0.3, -0.25) is 4.79 Å². The molecule has 1 amide bonds. The van der Waals surface area contributed by atoms with E-state index in [4.69, 9.17) is 4.74 Å². The van der Waals surface area contributed by atoms with Crippen LogP contribution in [0.25, 0.3) is 0 Å². The maximum Gasteiger partial charge on any atom is 0.220 e. The first-order chi connectivity index (χ1) is 9.21. The molecule has 1 atom stereocenters. The summed E-state index contributed by atoms with van der Waals surface area (Å²) in [7, 11) is 3.54. The fourth-order valence-corrected chi connectivity index (χ4v) is 1.95. The molecule has 0 saturated carbocycles. The first kappa shape index (κ1) is 15.5. The number of rotatable bonds is 8. The number of nitrogens with one attached hydrogen (secondary N) is 2. The first-order valence-electron chi connectivity index (χ1n) is 6.79. The molecule has 1 unspecified atom stereocenters. The fraction of sp³-hybridized carbons (Fsp3) is 0.533. The summed E-state index contributed by atoms with van der Waals surface area (Å²) in [5.74, 6) is 0.942. The van der Waals surface area contributed by atoms with E-state index in [1.165, 1.54) is 0 Å². The van der Waals surface area contributed by atoms with Crippen LogP contribution in [0.1, 0.15) is 37.8 Å². The van der Waals surface area contributed by atoms with E-state index in [0.29, 0.717) is 6.42 Å². The van der Waals surface area contributed by atoms with Gasteiger partial charge in [0.25, 0.3) is 0 Å². The van der Waals surface area contributed by atoms with E-state index >= 15 is 0 Å². The van der Waals surface area contributed by atoms with Crippen molar-refractivity contribution in [2.24, 2.45) is 0 Å².